The van der Waals surface area contributed by atoms with Gasteiger partial charge >= 0.3 is 11.9 Å². The highest BCUT2D eigenvalue weighted by Crippen LogP contribution is 2.12. The fraction of sp³-hybridized carbons (Fsp3) is 0.500. The molecule has 5 unspecified atom stereocenters. The molecule has 0 fully saturated rings. The monoisotopic (exact) mass is 567 g/mol. The molecular weight excluding hydrogens is 530 g/mol. The van der Waals surface area contributed by atoms with Crippen LogP contribution in [0.2, 0.25) is 0 Å². The molecule has 16 nitrogen and oxygen atoms in total. The lowest BCUT2D eigenvalue weighted by atomic mass is 10.0. The zero-order valence-corrected chi connectivity index (χ0v) is 21.9. The number of phenolic OH excluding ortho intramolecular Hbond substituents is 1. The van der Waals surface area contributed by atoms with Crippen molar-refractivity contribution in [3.63, 3.8) is 0 Å². The summed E-state index contributed by atoms with van der Waals surface area (Å²) in [5, 5.41) is 44.9. The Morgan fingerprint density at radius 2 is 1.50 bits per heavy atom. The van der Waals surface area contributed by atoms with Gasteiger partial charge in [-0.1, -0.05) is 12.1 Å². The minimum absolute atomic E-state index is 0.0224. The minimum Gasteiger partial charge on any atom is -0.508 e. The van der Waals surface area contributed by atoms with Crippen molar-refractivity contribution < 1.29 is 44.4 Å². The van der Waals surface area contributed by atoms with E-state index in [1.807, 2.05) is 0 Å². The van der Waals surface area contributed by atoms with Gasteiger partial charge in [-0.3, -0.25) is 24.2 Å². The molecule has 0 heterocycles. The number of aliphatic imine (C=N–C) groups is 1. The third kappa shape index (κ3) is 12.4. The van der Waals surface area contributed by atoms with Crippen LogP contribution in [0.4, 0.5) is 0 Å². The molecule has 0 radical (unpaired) electrons. The number of hydrogen-bond donors (Lipinski definition) is 10. The predicted molar refractivity (Wildman–Crippen MR) is 142 cm³/mol. The highest BCUT2D eigenvalue weighted by molar-refractivity contribution is 5.94. The Bertz CT molecular complexity index is 1060. The molecule has 13 N–H and O–H groups in total. The van der Waals surface area contributed by atoms with Gasteiger partial charge in [0.15, 0.2) is 5.96 Å². The number of guanidine groups is 1. The van der Waals surface area contributed by atoms with E-state index in [1.54, 1.807) is 0 Å². The lowest BCUT2D eigenvalue weighted by Gasteiger charge is -2.26. The normalized spacial score (nSPS) is 14.5. The molecule has 0 saturated heterocycles. The number of nitrogens with zero attached hydrogens (tertiary/aromatic N) is 1. The van der Waals surface area contributed by atoms with E-state index in [0.717, 1.165) is 0 Å². The quantitative estimate of drug-likeness (QED) is 0.0515. The van der Waals surface area contributed by atoms with E-state index in [2.05, 4.69) is 20.9 Å². The standard InChI is InChI=1S/C24H37N7O9/c1-12(32)19(31-20(36)15(25)8-9-18(34)35)22(38)29-16(3-2-10-28-24(26)27)21(37)30-17(23(39)40)11-13-4-6-14(33)7-5-13/h4-7,12,15-17,19,32-33H,2-3,8-11,25H2,1H3,(H,29,38)(H,30,37)(H,31,36)(H,34,35)(H,39,40)(H4,26,27,28). The molecule has 0 bridgehead atoms. The van der Waals surface area contributed by atoms with Gasteiger partial charge in [0.2, 0.25) is 17.7 Å². The number of carbonyl (C=O) groups excluding carboxylic acids is 3. The summed E-state index contributed by atoms with van der Waals surface area (Å²) in [6.07, 6.45) is -2.04. The molecule has 0 saturated carbocycles. The fourth-order valence-corrected chi connectivity index (χ4v) is 3.45. The van der Waals surface area contributed by atoms with Crippen LogP contribution in [0.3, 0.4) is 0 Å². The van der Waals surface area contributed by atoms with Crippen molar-refractivity contribution in [3.05, 3.63) is 29.8 Å². The van der Waals surface area contributed by atoms with Crippen LogP contribution in [0.5, 0.6) is 5.75 Å². The van der Waals surface area contributed by atoms with Crippen LogP contribution < -0.4 is 33.2 Å². The Labute approximate surface area is 230 Å². The first-order valence-corrected chi connectivity index (χ1v) is 12.3. The second kappa shape index (κ2) is 16.5. The molecule has 0 aliphatic rings. The van der Waals surface area contributed by atoms with Crippen molar-refractivity contribution in [1.82, 2.24) is 16.0 Å². The lowest BCUT2D eigenvalue weighted by Crippen LogP contribution is -2.59. The number of amides is 3. The SMILES string of the molecule is CC(O)C(NC(=O)C(N)CCC(=O)O)C(=O)NC(CCCN=C(N)N)C(=O)NC(Cc1ccc(O)cc1)C(=O)O. The number of aliphatic carboxylic acids is 2. The van der Waals surface area contributed by atoms with Crippen molar-refractivity contribution in [1.29, 1.82) is 0 Å². The van der Waals surface area contributed by atoms with E-state index in [0.29, 0.717) is 5.56 Å². The summed E-state index contributed by atoms with van der Waals surface area (Å²) in [7, 11) is 0. The number of benzene rings is 1. The van der Waals surface area contributed by atoms with Gasteiger partial charge < -0.3 is 53.6 Å². The fourth-order valence-electron chi connectivity index (χ4n) is 3.45. The number of aromatic hydroxyl groups is 1. The Kier molecular flexibility index (Phi) is 13.9. The molecule has 5 atom stereocenters. The zero-order chi connectivity index (χ0) is 30.4. The summed E-state index contributed by atoms with van der Waals surface area (Å²) in [5.74, 6) is -5.47. The van der Waals surface area contributed by atoms with Gasteiger partial charge in [-0.15, -0.1) is 0 Å². The smallest absolute Gasteiger partial charge is 0.326 e. The van der Waals surface area contributed by atoms with Gasteiger partial charge in [-0.2, -0.15) is 0 Å². The van der Waals surface area contributed by atoms with Gasteiger partial charge in [-0.25, -0.2) is 4.79 Å². The summed E-state index contributed by atoms with van der Waals surface area (Å²) in [5.41, 5.74) is 16.8. The number of nitrogens with one attached hydrogen (secondary N) is 3. The average molecular weight is 568 g/mol. The van der Waals surface area contributed by atoms with E-state index < -0.39 is 66.4 Å². The summed E-state index contributed by atoms with van der Waals surface area (Å²) in [6, 6.07) is 0.146. The molecule has 0 spiro atoms. The van der Waals surface area contributed by atoms with E-state index in [9.17, 15) is 39.3 Å². The maximum atomic E-state index is 13.1. The number of hydrogen-bond acceptors (Lipinski definition) is 9. The summed E-state index contributed by atoms with van der Waals surface area (Å²) in [4.78, 5) is 64.8. The Hall–Kier alpha value is -4.44. The van der Waals surface area contributed by atoms with E-state index in [-0.39, 0.29) is 43.9 Å². The van der Waals surface area contributed by atoms with Crippen LogP contribution in [0.1, 0.15) is 38.2 Å². The van der Waals surface area contributed by atoms with Crippen molar-refractivity contribution in [2.75, 3.05) is 6.54 Å². The predicted octanol–water partition coefficient (Wildman–Crippen LogP) is -2.90. The van der Waals surface area contributed by atoms with Crippen LogP contribution in [0.25, 0.3) is 0 Å². The van der Waals surface area contributed by atoms with E-state index in [1.165, 1.54) is 31.2 Å². The first-order valence-electron chi connectivity index (χ1n) is 12.3. The average Bonchev–Trinajstić information content (AvgIpc) is 2.87. The Morgan fingerprint density at radius 3 is 2.02 bits per heavy atom. The Balaban J connectivity index is 3.04. The Morgan fingerprint density at radius 1 is 0.900 bits per heavy atom. The van der Waals surface area contributed by atoms with E-state index in [4.69, 9.17) is 22.3 Å². The van der Waals surface area contributed by atoms with E-state index >= 15 is 0 Å². The summed E-state index contributed by atoms with van der Waals surface area (Å²) in [6.45, 7) is 1.30. The van der Waals surface area contributed by atoms with Gasteiger partial charge in [0, 0.05) is 19.4 Å². The number of nitrogens with two attached hydrogens (primary N) is 3. The highest BCUT2D eigenvalue weighted by Gasteiger charge is 2.32. The molecule has 1 aromatic carbocycles. The first kappa shape index (κ1) is 33.6. The van der Waals surface area contributed by atoms with Gasteiger partial charge in [-0.05, 0) is 43.9 Å². The van der Waals surface area contributed by atoms with Gasteiger partial charge in [0.25, 0.3) is 0 Å². The number of rotatable bonds is 17. The third-order valence-corrected chi connectivity index (χ3v) is 5.64. The van der Waals surface area contributed by atoms with Crippen LogP contribution >= 0.6 is 0 Å². The molecule has 3 amide bonds. The van der Waals surface area contributed by atoms with Crippen LogP contribution in [-0.4, -0.2) is 92.9 Å². The largest absolute Gasteiger partial charge is 0.508 e. The molecule has 1 aromatic rings. The molecular formula is C24H37N7O9. The lowest BCUT2D eigenvalue weighted by molar-refractivity contribution is -0.142. The molecule has 222 valence electrons. The minimum atomic E-state index is -1.57. The number of carboxylic acids is 2. The highest BCUT2D eigenvalue weighted by atomic mass is 16.4. The topological polar surface area (TPSA) is 293 Å². The van der Waals surface area contributed by atoms with Crippen LogP contribution in [0, 0.1) is 0 Å². The summed E-state index contributed by atoms with van der Waals surface area (Å²) < 4.78 is 0. The number of phenols is 1. The van der Waals surface area contributed by atoms with Crippen molar-refractivity contribution in [2.45, 2.75) is 69.3 Å². The molecule has 0 aliphatic carbocycles. The van der Waals surface area contributed by atoms with Crippen molar-refractivity contribution in [3.8, 4) is 5.75 Å². The summed E-state index contributed by atoms with van der Waals surface area (Å²) >= 11 is 0. The maximum Gasteiger partial charge on any atom is 0.326 e. The second-order valence-corrected chi connectivity index (χ2v) is 9.05. The number of aliphatic hydroxyl groups excluding tert-OH is 1. The zero-order valence-electron chi connectivity index (χ0n) is 21.9. The van der Waals surface area contributed by atoms with Crippen molar-refractivity contribution in [2.24, 2.45) is 22.2 Å². The molecule has 0 aliphatic heterocycles. The molecule has 40 heavy (non-hydrogen) atoms. The number of aliphatic hydroxyl groups is 1. The van der Waals surface area contributed by atoms with Gasteiger partial charge in [0.1, 0.15) is 23.9 Å². The number of carbonyl (C=O) groups is 5. The van der Waals surface area contributed by atoms with Crippen molar-refractivity contribution >= 4 is 35.6 Å². The maximum absolute atomic E-state index is 13.1. The molecule has 16 heteroatoms. The van der Waals surface area contributed by atoms with Crippen LogP contribution in [-0.2, 0) is 30.4 Å². The molecule has 1 rings (SSSR count). The third-order valence-electron chi connectivity index (χ3n) is 5.64. The molecule has 0 aromatic heterocycles. The number of carboxylic acid groups (broad SMARTS) is 2. The van der Waals surface area contributed by atoms with Crippen LogP contribution in [0.15, 0.2) is 29.3 Å². The van der Waals surface area contributed by atoms with Gasteiger partial charge in [0.05, 0.1) is 12.1 Å². The first-order chi connectivity index (χ1) is 18.7. The second-order valence-electron chi connectivity index (χ2n) is 9.05.